The highest BCUT2D eigenvalue weighted by molar-refractivity contribution is 5.95. The van der Waals surface area contributed by atoms with E-state index in [1.165, 1.54) is 0 Å². The summed E-state index contributed by atoms with van der Waals surface area (Å²) in [4.78, 5) is 16.5. The predicted octanol–water partition coefficient (Wildman–Crippen LogP) is 2.97. The van der Waals surface area contributed by atoms with Crippen molar-refractivity contribution >= 4 is 11.6 Å². The highest BCUT2D eigenvalue weighted by atomic mass is 16.2. The molecule has 1 aromatic rings. The highest BCUT2D eigenvalue weighted by Crippen LogP contribution is 2.27. The maximum atomic E-state index is 12.0. The molecule has 0 spiro atoms. The molecule has 5 nitrogen and oxygen atoms in total. The second-order valence-electron chi connectivity index (χ2n) is 4.83. The number of anilines is 1. The minimum atomic E-state index is 0.109. The first-order valence-electron chi connectivity index (χ1n) is 5.99. The summed E-state index contributed by atoms with van der Waals surface area (Å²) in [7, 11) is 0. The summed E-state index contributed by atoms with van der Waals surface area (Å²) in [6.45, 7) is 5.08. The molecule has 0 radical (unpaired) electrons. The number of rotatable bonds is 3. The van der Waals surface area contributed by atoms with Gasteiger partial charge in [0, 0.05) is 30.1 Å². The molecule has 0 saturated carbocycles. The fourth-order valence-electron chi connectivity index (χ4n) is 2.41. The van der Waals surface area contributed by atoms with Gasteiger partial charge in [-0.1, -0.05) is 11.2 Å². The lowest BCUT2D eigenvalue weighted by atomic mass is 10.1. The van der Waals surface area contributed by atoms with Crippen LogP contribution >= 0.6 is 0 Å². The summed E-state index contributed by atoms with van der Waals surface area (Å²) in [6, 6.07) is 6.11. The molecule has 1 aromatic carbocycles. The van der Waals surface area contributed by atoms with Crippen LogP contribution in [0.15, 0.2) is 23.3 Å². The van der Waals surface area contributed by atoms with Gasteiger partial charge in [-0.15, -0.1) is 0 Å². The molecule has 0 bridgehead atoms. The average Bonchev–Trinajstić information content (AvgIpc) is 2.66. The minimum absolute atomic E-state index is 0.109. The lowest BCUT2D eigenvalue weighted by Gasteiger charge is -2.17. The minimum Gasteiger partial charge on any atom is -0.312 e. The van der Waals surface area contributed by atoms with Gasteiger partial charge < -0.3 is 4.90 Å². The van der Waals surface area contributed by atoms with Crippen LogP contribution in [0.25, 0.3) is 10.4 Å². The molecule has 5 heteroatoms. The number of hydrogen-bond donors (Lipinski definition) is 0. The molecule has 2 rings (SSSR count). The van der Waals surface area contributed by atoms with Crippen molar-refractivity contribution in [3.05, 3.63) is 39.8 Å². The first-order chi connectivity index (χ1) is 8.60. The van der Waals surface area contributed by atoms with Gasteiger partial charge in [-0.25, -0.2) is 0 Å². The van der Waals surface area contributed by atoms with Gasteiger partial charge in [-0.05, 0) is 48.6 Å². The molecule has 18 heavy (non-hydrogen) atoms. The molecule has 1 atom stereocenters. The van der Waals surface area contributed by atoms with Gasteiger partial charge in [0.25, 0.3) is 0 Å². The molecule has 94 valence electrons. The fourth-order valence-corrected chi connectivity index (χ4v) is 2.41. The number of aryl methyl sites for hydroxylation is 2. The third-order valence-corrected chi connectivity index (χ3v) is 3.13. The highest BCUT2D eigenvalue weighted by Gasteiger charge is 2.30. The molecule has 1 aliphatic heterocycles. The molecule has 1 heterocycles. The summed E-state index contributed by atoms with van der Waals surface area (Å²) in [5.74, 6) is 0.243. The number of carbonyl (C=O) groups is 1. The van der Waals surface area contributed by atoms with E-state index in [4.69, 9.17) is 5.53 Å². The molecule has 1 fully saturated rings. The Kier molecular flexibility index (Phi) is 3.53. The van der Waals surface area contributed by atoms with Gasteiger partial charge >= 0.3 is 0 Å². The number of azide groups is 1. The van der Waals surface area contributed by atoms with Gasteiger partial charge in [0.1, 0.15) is 0 Å². The van der Waals surface area contributed by atoms with Crippen LogP contribution in [0, 0.1) is 19.8 Å². The van der Waals surface area contributed by atoms with E-state index in [0.29, 0.717) is 19.5 Å². The van der Waals surface area contributed by atoms with Crippen LogP contribution in [-0.4, -0.2) is 19.0 Å². The van der Waals surface area contributed by atoms with E-state index < -0.39 is 0 Å². The Bertz CT molecular complexity index is 499. The van der Waals surface area contributed by atoms with Crippen LogP contribution in [0.4, 0.5) is 5.69 Å². The molecule has 1 amide bonds. The van der Waals surface area contributed by atoms with Gasteiger partial charge in [0.2, 0.25) is 5.91 Å². The standard InChI is InChI=1S/C13H16N4O/c1-9-3-10(2)5-12(4-9)17-8-11(6-13(17)18)7-15-16-14/h3-5,11H,6-8H2,1-2H3. The molecular weight excluding hydrogens is 228 g/mol. The van der Waals surface area contributed by atoms with Crippen molar-refractivity contribution in [3.8, 4) is 0 Å². The second kappa shape index (κ2) is 5.10. The van der Waals surface area contributed by atoms with Crippen LogP contribution in [0.1, 0.15) is 17.5 Å². The summed E-state index contributed by atoms with van der Waals surface area (Å²) in [6.07, 6.45) is 0.464. The molecule has 0 aromatic heterocycles. The zero-order valence-electron chi connectivity index (χ0n) is 10.6. The monoisotopic (exact) mass is 244 g/mol. The van der Waals surface area contributed by atoms with Crippen LogP contribution in [0.3, 0.4) is 0 Å². The average molecular weight is 244 g/mol. The molecule has 1 unspecified atom stereocenters. The van der Waals surface area contributed by atoms with E-state index in [-0.39, 0.29) is 11.8 Å². The third kappa shape index (κ3) is 2.63. The number of carbonyl (C=O) groups excluding carboxylic acids is 1. The van der Waals surface area contributed by atoms with E-state index in [1.54, 1.807) is 4.90 Å². The Hall–Kier alpha value is -2.00. The van der Waals surface area contributed by atoms with E-state index in [9.17, 15) is 4.79 Å². The summed E-state index contributed by atoms with van der Waals surface area (Å²) in [5.41, 5.74) is 11.6. The number of amides is 1. The molecular formula is C13H16N4O. The lowest BCUT2D eigenvalue weighted by Crippen LogP contribution is -2.24. The predicted molar refractivity (Wildman–Crippen MR) is 70.4 cm³/mol. The van der Waals surface area contributed by atoms with Crippen molar-refractivity contribution in [2.75, 3.05) is 18.0 Å². The van der Waals surface area contributed by atoms with Crippen LogP contribution in [0.5, 0.6) is 0 Å². The summed E-state index contributed by atoms with van der Waals surface area (Å²) in [5, 5.41) is 3.55. The zero-order valence-corrected chi connectivity index (χ0v) is 10.6. The summed E-state index contributed by atoms with van der Waals surface area (Å²) >= 11 is 0. The number of hydrogen-bond acceptors (Lipinski definition) is 2. The first-order valence-corrected chi connectivity index (χ1v) is 5.99. The summed E-state index contributed by atoms with van der Waals surface area (Å²) < 4.78 is 0. The molecule has 1 aliphatic rings. The SMILES string of the molecule is Cc1cc(C)cc(N2CC(CN=[N+]=[N-])CC2=O)c1. The molecule has 1 saturated heterocycles. The molecule has 0 N–H and O–H groups in total. The second-order valence-corrected chi connectivity index (χ2v) is 4.83. The quantitative estimate of drug-likeness (QED) is 0.458. The smallest absolute Gasteiger partial charge is 0.227 e. The van der Waals surface area contributed by atoms with Crippen molar-refractivity contribution in [2.24, 2.45) is 11.0 Å². The van der Waals surface area contributed by atoms with E-state index >= 15 is 0 Å². The van der Waals surface area contributed by atoms with Crippen LogP contribution in [-0.2, 0) is 4.79 Å². The number of nitrogens with zero attached hydrogens (tertiary/aromatic N) is 4. The Balaban J connectivity index is 2.18. The Morgan fingerprint density at radius 2 is 2.06 bits per heavy atom. The van der Waals surface area contributed by atoms with Crippen molar-refractivity contribution < 1.29 is 4.79 Å². The van der Waals surface area contributed by atoms with Crippen LogP contribution in [0.2, 0.25) is 0 Å². The maximum Gasteiger partial charge on any atom is 0.227 e. The van der Waals surface area contributed by atoms with Crippen molar-refractivity contribution in [3.63, 3.8) is 0 Å². The lowest BCUT2D eigenvalue weighted by molar-refractivity contribution is -0.117. The topological polar surface area (TPSA) is 69.1 Å². The van der Waals surface area contributed by atoms with Gasteiger partial charge in [-0.3, -0.25) is 4.79 Å². The van der Waals surface area contributed by atoms with E-state index in [1.807, 2.05) is 26.0 Å². The van der Waals surface area contributed by atoms with Gasteiger partial charge in [-0.2, -0.15) is 0 Å². The Morgan fingerprint density at radius 1 is 1.39 bits per heavy atom. The number of benzene rings is 1. The molecule has 0 aliphatic carbocycles. The van der Waals surface area contributed by atoms with Crippen molar-refractivity contribution in [1.82, 2.24) is 0 Å². The van der Waals surface area contributed by atoms with E-state index in [2.05, 4.69) is 16.1 Å². The third-order valence-electron chi connectivity index (χ3n) is 3.13. The Labute approximate surface area is 106 Å². The Morgan fingerprint density at radius 3 is 2.67 bits per heavy atom. The fraction of sp³-hybridized carbons (Fsp3) is 0.462. The van der Waals surface area contributed by atoms with Gasteiger partial charge in [0.05, 0.1) is 0 Å². The van der Waals surface area contributed by atoms with Gasteiger partial charge in [0.15, 0.2) is 0 Å². The van der Waals surface area contributed by atoms with Crippen molar-refractivity contribution in [1.29, 1.82) is 0 Å². The van der Waals surface area contributed by atoms with Crippen molar-refractivity contribution in [2.45, 2.75) is 20.3 Å². The maximum absolute atomic E-state index is 12.0. The zero-order chi connectivity index (χ0) is 13.1. The van der Waals surface area contributed by atoms with Crippen LogP contribution < -0.4 is 4.90 Å². The normalized spacial score (nSPS) is 18.9. The van der Waals surface area contributed by atoms with E-state index in [0.717, 1.165) is 16.8 Å². The largest absolute Gasteiger partial charge is 0.312 e. The first kappa shape index (κ1) is 12.5.